The molecule has 0 saturated carbocycles. The Morgan fingerprint density at radius 2 is 2.00 bits per heavy atom. The van der Waals surface area contributed by atoms with Crippen molar-refractivity contribution in [2.45, 2.75) is 38.5 Å². The molecular weight excluding hydrogens is 332 g/mol. The van der Waals surface area contributed by atoms with Gasteiger partial charge in [-0.2, -0.15) is 0 Å². The first kappa shape index (κ1) is 19.4. The van der Waals surface area contributed by atoms with Crippen molar-refractivity contribution in [3.63, 3.8) is 0 Å². The molecule has 1 heterocycles. The number of aryl methyl sites for hydroxylation is 2. The van der Waals surface area contributed by atoms with Crippen molar-refractivity contribution in [3.8, 4) is 0 Å². The van der Waals surface area contributed by atoms with Crippen LogP contribution in [0, 0.1) is 13.8 Å². The smallest absolute Gasteiger partial charge is 0.191 e. The van der Waals surface area contributed by atoms with E-state index >= 15 is 0 Å². The molecule has 1 aromatic carbocycles. The van der Waals surface area contributed by atoms with E-state index in [2.05, 4.69) is 53.9 Å². The van der Waals surface area contributed by atoms with Crippen LogP contribution in [0.25, 0.3) is 0 Å². The first-order chi connectivity index (χ1) is 12.1. The Hall–Kier alpha value is -1.95. The molecule has 1 unspecified atom stereocenters. The summed E-state index contributed by atoms with van der Waals surface area (Å²) in [6.45, 7) is 10.6. The van der Waals surface area contributed by atoms with Crippen LogP contribution in [0.1, 0.15) is 36.8 Å². The van der Waals surface area contributed by atoms with Crippen LogP contribution in [-0.2, 0) is 0 Å². The zero-order valence-electron chi connectivity index (χ0n) is 15.5. The van der Waals surface area contributed by atoms with Crippen molar-refractivity contribution >= 4 is 17.7 Å². The van der Waals surface area contributed by atoms with Gasteiger partial charge in [0.1, 0.15) is 5.76 Å². The Balaban J connectivity index is 1.83. The molecular formula is C19H28N4OS. The van der Waals surface area contributed by atoms with Crippen LogP contribution >= 0.6 is 11.8 Å². The van der Waals surface area contributed by atoms with E-state index in [4.69, 9.17) is 9.52 Å². The molecule has 0 bridgehead atoms. The average molecular weight is 361 g/mol. The predicted octanol–water partition coefficient (Wildman–Crippen LogP) is 3.74. The Morgan fingerprint density at radius 3 is 2.64 bits per heavy atom. The minimum absolute atomic E-state index is 0.278. The lowest BCUT2D eigenvalue weighted by Crippen LogP contribution is -2.38. The molecule has 6 heteroatoms. The molecule has 0 aliphatic rings. The molecule has 1 atom stereocenters. The fraction of sp³-hybridized carbons (Fsp3) is 0.474. The number of rotatable bonds is 8. The van der Waals surface area contributed by atoms with Gasteiger partial charge in [0.15, 0.2) is 5.96 Å². The molecule has 0 saturated heterocycles. The standard InChI is InChI=1S/C19H28N4OS/c1-5-20-19(21-11-12-25-17-9-7-6-8-10-17)22-13-14(2)18-15(3)23-24-16(18)4/h6-10,14H,5,11-13H2,1-4H3,(H2,20,21,22). The highest BCUT2D eigenvalue weighted by molar-refractivity contribution is 7.99. The van der Waals surface area contributed by atoms with E-state index in [0.717, 1.165) is 36.3 Å². The van der Waals surface area contributed by atoms with E-state index in [1.54, 1.807) is 0 Å². The van der Waals surface area contributed by atoms with Crippen molar-refractivity contribution in [1.29, 1.82) is 0 Å². The van der Waals surface area contributed by atoms with Crippen molar-refractivity contribution in [2.24, 2.45) is 4.99 Å². The maximum Gasteiger partial charge on any atom is 0.191 e. The third-order valence-corrected chi connectivity index (χ3v) is 4.87. The Bertz CT molecular complexity index is 650. The molecule has 0 radical (unpaired) electrons. The lowest BCUT2D eigenvalue weighted by atomic mass is 10.00. The molecule has 5 nitrogen and oxygen atoms in total. The number of aliphatic imine (C=N–C) groups is 1. The van der Waals surface area contributed by atoms with Crippen LogP contribution in [0.2, 0.25) is 0 Å². The minimum Gasteiger partial charge on any atom is -0.361 e. The van der Waals surface area contributed by atoms with Gasteiger partial charge in [0.25, 0.3) is 0 Å². The highest BCUT2D eigenvalue weighted by atomic mass is 32.2. The van der Waals surface area contributed by atoms with E-state index in [1.807, 2.05) is 31.7 Å². The Labute approximate surface area is 154 Å². The molecule has 136 valence electrons. The SMILES string of the molecule is CCNC(=NCC(C)c1c(C)noc1C)NCCSc1ccccc1. The summed E-state index contributed by atoms with van der Waals surface area (Å²) in [5.74, 6) is 3.01. The van der Waals surface area contributed by atoms with Gasteiger partial charge in [0, 0.05) is 41.8 Å². The topological polar surface area (TPSA) is 62.5 Å². The van der Waals surface area contributed by atoms with Gasteiger partial charge in [-0.05, 0) is 32.9 Å². The van der Waals surface area contributed by atoms with Gasteiger partial charge in [0.05, 0.1) is 5.69 Å². The van der Waals surface area contributed by atoms with Crippen LogP contribution in [0.5, 0.6) is 0 Å². The van der Waals surface area contributed by atoms with Gasteiger partial charge in [-0.1, -0.05) is 30.3 Å². The largest absolute Gasteiger partial charge is 0.361 e. The molecule has 2 N–H and O–H groups in total. The van der Waals surface area contributed by atoms with Gasteiger partial charge in [-0.15, -0.1) is 11.8 Å². The summed E-state index contributed by atoms with van der Waals surface area (Å²) in [6, 6.07) is 10.4. The zero-order valence-corrected chi connectivity index (χ0v) is 16.3. The van der Waals surface area contributed by atoms with Crippen LogP contribution < -0.4 is 10.6 Å². The number of nitrogens with zero attached hydrogens (tertiary/aromatic N) is 2. The number of nitrogens with one attached hydrogen (secondary N) is 2. The van der Waals surface area contributed by atoms with Gasteiger partial charge < -0.3 is 15.2 Å². The lowest BCUT2D eigenvalue weighted by molar-refractivity contribution is 0.391. The van der Waals surface area contributed by atoms with E-state index < -0.39 is 0 Å². The third-order valence-electron chi connectivity index (χ3n) is 3.86. The minimum atomic E-state index is 0.278. The summed E-state index contributed by atoms with van der Waals surface area (Å²) in [6.07, 6.45) is 0. The number of guanidine groups is 1. The Morgan fingerprint density at radius 1 is 1.24 bits per heavy atom. The van der Waals surface area contributed by atoms with Crippen LogP contribution in [0.15, 0.2) is 44.7 Å². The number of hydrogen-bond acceptors (Lipinski definition) is 4. The fourth-order valence-corrected chi connectivity index (χ4v) is 3.50. The first-order valence-electron chi connectivity index (χ1n) is 8.74. The summed E-state index contributed by atoms with van der Waals surface area (Å²) >= 11 is 1.84. The van der Waals surface area contributed by atoms with Crippen LogP contribution in [0.3, 0.4) is 0 Å². The van der Waals surface area contributed by atoms with Crippen molar-refractivity contribution in [3.05, 3.63) is 47.3 Å². The van der Waals surface area contributed by atoms with Crippen LogP contribution in [0.4, 0.5) is 0 Å². The number of benzene rings is 1. The molecule has 0 amide bonds. The molecule has 0 fully saturated rings. The van der Waals surface area contributed by atoms with E-state index in [-0.39, 0.29) is 5.92 Å². The average Bonchev–Trinajstić information content (AvgIpc) is 2.95. The molecule has 0 aliphatic heterocycles. The molecule has 1 aromatic heterocycles. The lowest BCUT2D eigenvalue weighted by Gasteiger charge is -2.13. The van der Waals surface area contributed by atoms with Gasteiger partial charge in [0.2, 0.25) is 0 Å². The zero-order chi connectivity index (χ0) is 18.1. The van der Waals surface area contributed by atoms with E-state index in [0.29, 0.717) is 6.54 Å². The van der Waals surface area contributed by atoms with Gasteiger partial charge >= 0.3 is 0 Å². The summed E-state index contributed by atoms with van der Waals surface area (Å²) in [5.41, 5.74) is 2.12. The molecule has 2 aromatic rings. The van der Waals surface area contributed by atoms with Crippen LogP contribution in [-0.4, -0.2) is 36.5 Å². The molecule has 0 spiro atoms. The maximum atomic E-state index is 5.26. The first-order valence-corrected chi connectivity index (χ1v) is 9.73. The second-order valence-electron chi connectivity index (χ2n) is 5.95. The number of hydrogen-bond donors (Lipinski definition) is 2. The van der Waals surface area contributed by atoms with Crippen molar-refractivity contribution in [2.75, 3.05) is 25.4 Å². The number of aromatic nitrogens is 1. The third kappa shape index (κ3) is 6.12. The monoisotopic (exact) mass is 360 g/mol. The second kappa shape index (κ2) is 10.1. The van der Waals surface area contributed by atoms with E-state index in [9.17, 15) is 0 Å². The van der Waals surface area contributed by atoms with Gasteiger partial charge in [-0.3, -0.25) is 4.99 Å². The van der Waals surface area contributed by atoms with E-state index in [1.165, 1.54) is 10.5 Å². The quantitative estimate of drug-likeness (QED) is 0.325. The Kier molecular flexibility index (Phi) is 7.85. The second-order valence-corrected chi connectivity index (χ2v) is 7.12. The van der Waals surface area contributed by atoms with Gasteiger partial charge in [-0.25, -0.2) is 0 Å². The number of thioether (sulfide) groups is 1. The maximum absolute atomic E-state index is 5.26. The summed E-state index contributed by atoms with van der Waals surface area (Å²) < 4.78 is 5.26. The molecule has 2 rings (SSSR count). The summed E-state index contributed by atoms with van der Waals surface area (Å²) in [4.78, 5) is 6.00. The predicted molar refractivity (Wildman–Crippen MR) is 106 cm³/mol. The summed E-state index contributed by atoms with van der Waals surface area (Å²) in [5, 5.41) is 10.7. The normalized spacial score (nSPS) is 12.9. The molecule has 0 aliphatic carbocycles. The van der Waals surface area contributed by atoms with Crippen molar-refractivity contribution < 1.29 is 4.52 Å². The summed E-state index contributed by atoms with van der Waals surface area (Å²) in [7, 11) is 0. The highest BCUT2D eigenvalue weighted by Gasteiger charge is 2.16. The fourth-order valence-electron chi connectivity index (χ4n) is 2.71. The van der Waals surface area contributed by atoms with Crippen molar-refractivity contribution in [1.82, 2.24) is 15.8 Å². The molecule has 25 heavy (non-hydrogen) atoms. The highest BCUT2D eigenvalue weighted by Crippen LogP contribution is 2.23.